The summed E-state index contributed by atoms with van der Waals surface area (Å²) in [6.45, 7) is 0. The summed E-state index contributed by atoms with van der Waals surface area (Å²) in [4.78, 5) is 4.12. The average molecular weight is 875 g/mol. The van der Waals surface area contributed by atoms with Gasteiger partial charge < -0.3 is 19.3 Å². The van der Waals surface area contributed by atoms with Crippen LogP contribution in [0.4, 0.5) is 0 Å². The summed E-state index contributed by atoms with van der Waals surface area (Å²) in [7, 11) is 0. The molecule has 4 aromatic heterocycles. The van der Waals surface area contributed by atoms with Gasteiger partial charge in [0.15, 0.2) is 0 Å². The number of benzene rings is 6. The van der Waals surface area contributed by atoms with Gasteiger partial charge in [0.2, 0.25) is 0 Å². The second kappa shape index (κ2) is 17.2. The number of nitrogens with zero attached hydrogens (tertiary/aromatic N) is 7. The number of para-hydroxylation sites is 8. The van der Waals surface area contributed by atoms with Crippen LogP contribution in [0.5, 0.6) is 0 Å². The van der Waals surface area contributed by atoms with Crippen molar-refractivity contribution in [1.29, 1.82) is 0 Å². The van der Waals surface area contributed by atoms with Crippen molar-refractivity contribution in [3.8, 4) is 34.1 Å². The Morgan fingerprint density at radius 2 is 0.944 bits per heavy atom. The molecule has 7 nitrogen and oxygen atoms in total. The molecule has 0 spiro atoms. The zero-order valence-electron chi connectivity index (χ0n) is 28.9. The Bertz CT molecular complexity index is 2340. The van der Waals surface area contributed by atoms with E-state index >= 15 is 0 Å². The molecule has 1 radical (unpaired) electrons. The largest absolute Gasteiger partial charge is 0.574 e. The molecule has 8 heteroatoms. The molecule has 0 unspecified atom stereocenters. The molecule has 0 saturated heterocycles. The maximum Gasteiger partial charge on any atom is 0.268 e. The Balaban J connectivity index is 0.000000130. The van der Waals surface area contributed by atoms with Gasteiger partial charge in [-0.2, -0.15) is 60.7 Å². The van der Waals surface area contributed by atoms with Crippen LogP contribution in [0.2, 0.25) is 0 Å². The summed E-state index contributed by atoms with van der Waals surface area (Å²) in [6.07, 6.45) is 10.2. The van der Waals surface area contributed by atoms with Crippen molar-refractivity contribution in [1.82, 2.24) is 24.3 Å². The Hall–Kier alpha value is -6.73. The Kier molecular flexibility index (Phi) is 11.4. The van der Waals surface area contributed by atoms with Crippen LogP contribution in [-0.4, -0.2) is 19.2 Å². The first kappa shape index (κ1) is 35.7. The maximum atomic E-state index is 4.12. The number of aromatic nitrogens is 7. The van der Waals surface area contributed by atoms with Crippen molar-refractivity contribution in [2.45, 2.75) is 0 Å². The second-order valence-electron chi connectivity index (χ2n) is 11.8. The molecule has 10 aromatic rings. The monoisotopic (exact) mass is 875 g/mol. The van der Waals surface area contributed by atoms with E-state index in [4.69, 9.17) is 0 Å². The fourth-order valence-electron chi connectivity index (χ4n) is 5.94. The molecule has 0 atom stereocenters. The predicted molar refractivity (Wildman–Crippen MR) is 206 cm³/mol. The van der Waals surface area contributed by atoms with E-state index in [1.807, 2.05) is 130 Å². The van der Waals surface area contributed by atoms with E-state index in [9.17, 15) is 0 Å². The molecular weight excluding hydrogens is 843 g/mol. The average Bonchev–Trinajstić information content (AvgIpc) is 4.02. The van der Waals surface area contributed by atoms with Crippen molar-refractivity contribution in [2.24, 2.45) is 0 Å². The van der Waals surface area contributed by atoms with Gasteiger partial charge in [-0.15, -0.1) is 0 Å². The number of fused-ring (bicyclic) bond motifs is 2. The quantitative estimate of drug-likeness (QED) is 0.130. The standard InChI is InChI=1S/2C19H13N2.C8H6N3.Ir/c2*1-3-9-16(10-4-1)20-15-21(17-11-5-2-6-12-17)19-14-8-7-13-18(19)20;1-2-5-9-7(3-1)8-4-6-10-11-8;/h2*1-11,13-14H;1-6H;/q3*-1;. The fraction of sp³-hybridized carbons (Fsp3) is 0. The normalized spacial score (nSPS) is 10.4. The second-order valence-corrected chi connectivity index (χ2v) is 11.8. The number of pyridine rings is 1. The summed E-state index contributed by atoms with van der Waals surface area (Å²) < 4.78 is 8.25. The van der Waals surface area contributed by atoms with Gasteiger partial charge >= 0.3 is 0 Å². The third kappa shape index (κ3) is 7.86. The van der Waals surface area contributed by atoms with Gasteiger partial charge in [-0.3, -0.25) is 14.1 Å². The first-order chi connectivity index (χ1) is 26.3. The number of hydrogen-bond acceptors (Lipinski definition) is 2. The van der Waals surface area contributed by atoms with Gasteiger partial charge in [0.1, 0.15) is 0 Å². The van der Waals surface area contributed by atoms with Crippen molar-refractivity contribution in [2.75, 3.05) is 0 Å². The van der Waals surface area contributed by atoms with Crippen LogP contribution < -0.4 is 14.2 Å². The van der Waals surface area contributed by atoms with E-state index in [1.165, 1.54) is 0 Å². The smallest absolute Gasteiger partial charge is 0.268 e. The third-order valence-electron chi connectivity index (χ3n) is 8.41. The van der Waals surface area contributed by atoms with Crippen molar-refractivity contribution in [3.63, 3.8) is 0 Å². The minimum absolute atomic E-state index is 0. The zero-order chi connectivity index (χ0) is 35.7. The van der Waals surface area contributed by atoms with E-state index in [0.717, 1.165) is 56.2 Å². The van der Waals surface area contributed by atoms with Gasteiger partial charge in [-0.1, -0.05) is 103 Å². The molecule has 0 amide bonds. The summed E-state index contributed by atoms with van der Waals surface area (Å²) in [5, 5.41) is 7.58. The van der Waals surface area contributed by atoms with Crippen LogP contribution in [0.25, 0.3) is 56.2 Å². The van der Waals surface area contributed by atoms with E-state index in [1.54, 1.807) is 12.4 Å². The molecule has 10 rings (SSSR count). The minimum Gasteiger partial charge on any atom is -0.574 e. The Morgan fingerprint density at radius 3 is 1.39 bits per heavy atom. The van der Waals surface area contributed by atoms with Crippen LogP contribution >= 0.6 is 0 Å². The molecule has 0 bridgehead atoms. The van der Waals surface area contributed by atoms with Gasteiger partial charge in [0.05, 0.1) is 33.4 Å². The fourth-order valence-corrected chi connectivity index (χ4v) is 5.94. The molecule has 0 aliphatic rings. The molecule has 0 fully saturated rings. The van der Waals surface area contributed by atoms with Crippen LogP contribution in [0.15, 0.2) is 194 Å². The van der Waals surface area contributed by atoms with Crippen LogP contribution in [0.3, 0.4) is 0 Å². The molecule has 54 heavy (non-hydrogen) atoms. The Morgan fingerprint density at radius 1 is 0.463 bits per heavy atom. The Labute approximate surface area is 327 Å². The van der Waals surface area contributed by atoms with Crippen molar-refractivity contribution < 1.29 is 29.2 Å². The van der Waals surface area contributed by atoms with Gasteiger partial charge in [0.25, 0.3) is 12.7 Å². The summed E-state index contributed by atoms with van der Waals surface area (Å²) in [5.41, 5.74) is 10.4. The first-order valence-corrected chi connectivity index (χ1v) is 17.1. The van der Waals surface area contributed by atoms with E-state index < -0.39 is 0 Å². The number of hydrogen-bond donors (Lipinski definition) is 0. The van der Waals surface area contributed by atoms with Crippen molar-refractivity contribution >= 4 is 22.1 Å². The van der Waals surface area contributed by atoms with Gasteiger partial charge in [-0.05, 0) is 47.8 Å². The maximum absolute atomic E-state index is 4.12. The number of imidazole rings is 2. The molecular formula is C46H32IrN7-3. The minimum atomic E-state index is 0. The molecule has 0 N–H and O–H groups in total. The van der Waals surface area contributed by atoms with E-state index in [-0.39, 0.29) is 20.1 Å². The summed E-state index contributed by atoms with van der Waals surface area (Å²) >= 11 is 0. The third-order valence-corrected chi connectivity index (χ3v) is 8.41. The van der Waals surface area contributed by atoms with Crippen LogP contribution in [0.1, 0.15) is 0 Å². The van der Waals surface area contributed by atoms with E-state index in [0.29, 0.717) is 0 Å². The molecule has 0 saturated carbocycles. The molecule has 6 aromatic carbocycles. The SMILES string of the molecule is [Ir].[c-]1ccccc1-n1[c-][n+](-c2ccccc2)c2ccccc21.[c-]1ccccc1-n1[c-][n+](-c2ccccc2)c2ccccc21.c1ccc(-c2ccn[n-]2)nc1. The predicted octanol–water partition coefficient (Wildman–Crippen LogP) is 8.11. The molecule has 0 aliphatic heterocycles. The molecule has 4 heterocycles. The summed E-state index contributed by atoms with van der Waals surface area (Å²) in [5.74, 6) is 0. The topological polar surface area (TPSA) is 57.5 Å². The van der Waals surface area contributed by atoms with Crippen LogP contribution in [-0.2, 0) is 20.1 Å². The van der Waals surface area contributed by atoms with Crippen LogP contribution in [0, 0.1) is 24.8 Å². The molecule has 263 valence electrons. The van der Waals surface area contributed by atoms with E-state index in [2.05, 4.69) is 110 Å². The zero-order valence-corrected chi connectivity index (χ0v) is 31.3. The first-order valence-electron chi connectivity index (χ1n) is 17.1. The van der Waals surface area contributed by atoms with Crippen molar-refractivity contribution in [3.05, 3.63) is 219 Å². The van der Waals surface area contributed by atoms with Gasteiger partial charge in [0, 0.05) is 38.2 Å². The van der Waals surface area contributed by atoms with Gasteiger partial charge in [-0.25, -0.2) is 0 Å². The summed E-state index contributed by atoms with van der Waals surface area (Å²) in [6, 6.07) is 67.1. The number of rotatable bonds is 5. The molecule has 0 aliphatic carbocycles.